The largest absolute Gasteiger partial charge is 0.492 e. The second kappa shape index (κ2) is 9.79. The van der Waals surface area contributed by atoms with E-state index in [9.17, 15) is 4.79 Å². The lowest BCUT2D eigenvalue weighted by molar-refractivity contribution is -0.118. The van der Waals surface area contributed by atoms with Crippen LogP contribution in [-0.4, -0.2) is 35.0 Å². The molecular formula is C18H18N4O2S2. The quantitative estimate of drug-likeness (QED) is 0.432. The van der Waals surface area contributed by atoms with Crippen molar-refractivity contribution in [1.29, 1.82) is 0 Å². The van der Waals surface area contributed by atoms with Gasteiger partial charge in [-0.1, -0.05) is 59.5 Å². The summed E-state index contributed by atoms with van der Waals surface area (Å²) in [5, 5.41) is 14.9. The van der Waals surface area contributed by atoms with Crippen molar-refractivity contribution in [3.8, 4) is 5.75 Å². The van der Waals surface area contributed by atoms with Crippen molar-refractivity contribution in [2.45, 2.75) is 4.34 Å². The van der Waals surface area contributed by atoms with Crippen LogP contribution in [0, 0.1) is 0 Å². The Balaban J connectivity index is 1.34. The van der Waals surface area contributed by atoms with E-state index >= 15 is 0 Å². The van der Waals surface area contributed by atoms with Gasteiger partial charge in [-0.2, -0.15) is 0 Å². The van der Waals surface area contributed by atoms with Crippen LogP contribution in [0.4, 0.5) is 10.8 Å². The molecule has 2 N–H and O–H groups in total. The maximum absolute atomic E-state index is 11.9. The van der Waals surface area contributed by atoms with E-state index in [4.69, 9.17) is 4.74 Å². The number of para-hydroxylation sites is 2. The van der Waals surface area contributed by atoms with Gasteiger partial charge in [-0.05, 0) is 24.3 Å². The second-order valence-electron chi connectivity index (χ2n) is 5.16. The van der Waals surface area contributed by atoms with Crippen LogP contribution in [0.1, 0.15) is 0 Å². The average molecular weight is 387 g/mol. The number of benzene rings is 2. The number of thioether (sulfide) groups is 1. The predicted octanol–water partition coefficient (Wildman–Crippen LogP) is 3.57. The fraction of sp³-hybridized carbons (Fsp3) is 0.167. The SMILES string of the molecule is O=C(CSc1nnc(Nc2ccccc2)s1)NCCOc1ccccc1. The van der Waals surface area contributed by atoms with E-state index in [2.05, 4.69) is 20.8 Å². The molecule has 1 aromatic heterocycles. The minimum Gasteiger partial charge on any atom is -0.492 e. The highest BCUT2D eigenvalue weighted by Crippen LogP contribution is 2.27. The zero-order chi connectivity index (χ0) is 18.0. The fourth-order valence-corrected chi connectivity index (χ4v) is 3.62. The Morgan fingerprint density at radius 3 is 2.54 bits per heavy atom. The summed E-state index contributed by atoms with van der Waals surface area (Å²) in [5.74, 6) is 1.04. The van der Waals surface area contributed by atoms with E-state index in [1.54, 1.807) is 0 Å². The third kappa shape index (κ3) is 6.05. The van der Waals surface area contributed by atoms with Crippen LogP contribution in [0.2, 0.25) is 0 Å². The summed E-state index contributed by atoms with van der Waals surface area (Å²) in [4.78, 5) is 11.9. The molecule has 3 aromatic rings. The van der Waals surface area contributed by atoms with Gasteiger partial charge < -0.3 is 15.4 Å². The van der Waals surface area contributed by atoms with Crippen LogP contribution in [0.25, 0.3) is 0 Å². The van der Waals surface area contributed by atoms with Crippen molar-refractivity contribution in [2.24, 2.45) is 0 Å². The molecule has 0 aliphatic carbocycles. The smallest absolute Gasteiger partial charge is 0.230 e. The van der Waals surface area contributed by atoms with Crippen LogP contribution in [0.15, 0.2) is 65.0 Å². The number of rotatable bonds is 9. The van der Waals surface area contributed by atoms with Crippen LogP contribution in [0.5, 0.6) is 5.75 Å². The summed E-state index contributed by atoms with van der Waals surface area (Å²) in [6.45, 7) is 0.898. The van der Waals surface area contributed by atoms with E-state index in [0.29, 0.717) is 24.0 Å². The molecule has 6 nitrogen and oxygen atoms in total. The van der Waals surface area contributed by atoms with E-state index in [1.165, 1.54) is 23.1 Å². The van der Waals surface area contributed by atoms with Crippen LogP contribution in [0.3, 0.4) is 0 Å². The predicted molar refractivity (Wildman–Crippen MR) is 105 cm³/mol. The Morgan fingerprint density at radius 1 is 1.04 bits per heavy atom. The minimum atomic E-state index is -0.0561. The number of carbonyl (C=O) groups excluding carboxylic acids is 1. The van der Waals surface area contributed by atoms with Gasteiger partial charge >= 0.3 is 0 Å². The zero-order valence-corrected chi connectivity index (χ0v) is 15.6. The molecule has 0 fully saturated rings. The molecule has 0 saturated heterocycles. The average Bonchev–Trinajstić information content (AvgIpc) is 3.12. The Kier molecular flexibility index (Phi) is 6.86. The molecular weight excluding hydrogens is 368 g/mol. The number of nitrogens with zero attached hydrogens (tertiary/aromatic N) is 2. The van der Waals surface area contributed by atoms with Crippen molar-refractivity contribution in [3.05, 3.63) is 60.7 Å². The molecule has 0 bridgehead atoms. The summed E-state index contributed by atoms with van der Waals surface area (Å²) < 4.78 is 6.28. The maximum Gasteiger partial charge on any atom is 0.230 e. The van der Waals surface area contributed by atoms with Gasteiger partial charge in [0.25, 0.3) is 0 Å². The van der Waals surface area contributed by atoms with Crippen molar-refractivity contribution in [1.82, 2.24) is 15.5 Å². The van der Waals surface area contributed by atoms with Gasteiger partial charge in [0.05, 0.1) is 12.3 Å². The number of anilines is 2. The van der Waals surface area contributed by atoms with Gasteiger partial charge in [0.2, 0.25) is 11.0 Å². The Bertz CT molecular complexity index is 812. The monoisotopic (exact) mass is 386 g/mol. The molecule has 8 heteroatoms. The highest BCUT2D eigenvalue weighted by Gasteiger charge is 2.08. The first-order valence-corrected chi connectivity index (χ1v) is 9.83. The number of aromatic nitrogens is 2. The topological polar surface area (TPSA) is 76.1 Å². The van der Waals surface area contributed by atoms with Gasteiger partial charge in [0, 0.05) is 5.69 Å². The van der Waals surface area contributed by atoms with Gasteiger partial charge in [0.15, 0.2) is 4.34 Å². The second-order valence-corrected chi connectivity index (χ2v) is 7.36. The lowest BCUT2D eigenvalue weighted by Crippen LogP contribution is -2.29. The first kappa shape index (κ1) is 18.2. The number of nitrogens with one attached hydrogen (secondary N) is 2. The van der Waals surface area contributed by atoms with E-state index < -0.39 is 0 Å². The zero-order valence-electron chi connectivity index (χ0n) is 13.9. The van der Waals surface area contributed by atoms with Crippen molar-refractivity contribution in [2.75, 3.05) is 24.2 Å². The maximum atomic E-state index is 11.9. The molecule has 0 radical (unpaired) electrons. The Hall–Kier alpha value is -2.58. The number of carbonyl (C=O) groups is 1. The molecule has 0 saturated carbocycles. The van der Waals surface area contributed by atoms with Crippen LogP contribution >= 0.6 is 23.1 Å². The van der Waals surface area contributed by atoms with Crippen molar-refractivity contribution in [3.63, 3.8) is 0 Å². The Morgan fingerprint density at radius 2 is 1.77 bits per heavy atom. The van der Waals surface area contributed by atoms with E-state index in [0.717, 1.165) is 15.8 Å². The highest BCUT2D eigenvalue weighted by molar-refractivity contribution is 8.01. The molecule has 0 unspecified atom stereocenters. The van der Waals surface area contributed by atoms with Gasteiger partial charge in [-0.3, -0.25) is 4.79 Å². The summed E-state index contributed by atoms with van der Waals surface area (Å²) >= 11 is 2.79. The summed E-state index contributed by atoms with van der Waals surface area (Å²) in [5.41, 5.74) is 0.955. The van der Waals surface area contributed by atoms with Crippen molar-refractivity contribution >= 4 is 39.8 Å². The first-order valence-electron chi connectivity index (χ1n) is 8.02. The molecule has 1 heterocycles. The third-order valence-electron chi connectivity index (χ3n) is 3.19. The molecule has 134 valence electrons. The lowest BCUT2D eigenvalue weighted by Gasteiger charge is -2.07. The molecule has 0 atom stereocenters. The van der Waals surface area contributed by atoms with E-state index in [-0.39, 0.29) is 5.91 Å². The molecule has 0 aliphatic rings. The first-order chi connectivity index (χ1) is 12.8. The number of amides is 1. The molecule has 0 aliphatic heterocycles. The molecule has 3 rings (SSSR count). The third-order valence-corrected chi connectivity index (χ3v) is 5.17. The lowest BCUT2D eigenvalue weighted by atomic mass is 10.3. The van der Waals surface area contributed by atoms with Crippen molar-refractivity contribution < 1.29 is 9.53 Å². The summed E-state index contributed by atoms with van der Waals surface area (Å²) in [7, 11) is 0. The van der Waals surface area contributed by atoms with E-state index in [1.807, 2.05) is 60.7 Å². The molecule has 26 heavy (non-hydrogen) atoms. The Labute approximate surface area is 160 Å². The summed E-state index contributed by atoms with van der Waals surface area (Å²) in [6, 6.07) is 19.3. The number of hydrogen-bond acceptors (Lipinski definition) is 7. The molecule has 0 spiro atoms. The molecule has 1 amide bonds. The molecule has 2 aromatic carbocycles. The van der Waals surface area contributed by atoms with Gasteiger partial charge in [-0.25, -0.2) is 0 Å². The highest BCUT2D eigenvalue weighted by atomic mass is 32.2. The number of ether oxygens (including phenoxy) is 1. The summed E-state index contributed by atoms with van der Waals surface area (Å²) in [6.07, 6.45) is 0. The van der Waals surface area contributed by atoms with Crippen LogP contribution < -0.4 is 15.4 Å². The fourth-order valence-electron chi connectivity index (χ4n) is 2.02. The van der Waals surface area contributed by atoms with Gasteiger partial charge in [0.1, 0.15) is 12.4 Å². The standard InChI is InChI=1S/C18H18N4O2S2/c23-16(19-11-12-24-15-9-5-2-6-10-15)13-25-18-22-21-17(26-18)20-14-7-3-1-4-8-14/h1-10H,11-13H2,(H,19,23)(H,20,21). The normalized spacial score (nSPS) is 10.3. The number of hydrogen-bond donors (Lipinski definition) is 2. The minimum absolute atomic E-state index is 0.0561. The van der Waals surface area contributed by atoms with Crippen LogP contribution in [-0.2, 0) is 4.79 Å². The van der Waals surface area contributed by atoms with Gasteiger partial charge in [-0.15, -0.1) is 10.2 Å².